The van der Waals surface area contributed by atoms with Crippen molar-refractivity contribution >= 4 is 23.0 Å². The minimum absolute atomic E-state index is 0.158. The second kappa shape index (κ2) is 8.76. The van der Waals surface area contributed by atoms with Crippen molar-refractivity contribution in [1.29, 1.82) is 5.26 Å². The van der Waals surface area contributed by atoms with Crippen molar-refractivity contribution in [3.05, 3.63) is 60.4 Å². The smallest absolute Gasteiger partial charge is 0.221 e. The average molecular weight is 388 g/mol. The molecule has 1 heterocycles. The maximum atomic E-state index is 11.3. The van der Waals surface area contributed by atoms with Crippen LogP contribution in [0.2, 0.25) is 0 Å². The molecule has 0 bridgehead atoms. The van der Waals surface area contributed by atoms with E-state index in [1.807, 2.05) is 24.3 Å². The molecule has 146 valence electrons. The van der Waals surface area contributed by atoms with E-state index in [-0.39, 0.29) is 5.91 Å². The van der Waals surface area contributed by atoms with Crippen LogP contribution in [-0.2, 0) is 4.79 Å². The molecule has 29 heavy (non-hydrogen) atoms. The Balaban J connectivity index is 2.06. The van der Waals surface area contributed by atoms with Gasteiger partial charge in [0.15, 0.2) is 11.5 Å². The normalized spacial score (nSPS) is 10.0. The Kier molecular flexibility index (Phi) is 5.95. The molecular formula is C22H20N4O3. The maximum Gasteiger partial charge on any atom is 0.221 e. The van der Waals surface area contributed by atoms with E-state index in [0.29, 0.717) is 28.4 Å². The number of nitrogens with zero attached hydrogens (tertiary/aromatic N) is 2. The molecule has 0 radical (unpaired) electrons. The maximum absolute atomic E-state index is 11.3. The Hall–Kier alpha value is -4.05. The number of carbonyl (C=O) groups excluding carboxylic acids is 1. The van der Waals surface area contributed by atoms with Crippen LogP contribution in [0, 0.1) is 11.3 Å². The summed E-state index contributed by atoms with van der Waals surface area (Å²) < 4.78 is 10.7. The Bertz CT molecular complexity index is 1090. The number of amides is 1. The fraction of sp³-hybridized carbons (Fsp3) is 0.136. The molecule has 3 aromatic rings. The van der Waals surface area contributed by atoms with Gasteiger partial charge >= 0.3 is 0 Å². The minimum Gasteiger partial charge on any atom is -0.493 e. The molecule has 0 saturated heterocycles. The predicted molar refractivity (Wildman–Crippen MR) is 112 cm³/mol. The summed E-state index contributed by atoms with van der Waals surface area (Å²) >= 11 is 0. The Labute approximate surface area is 168 Å². The molecule has 0 spiro atoms. The topological polar surface area (TPSA) is 96.3 Å². The van der Waals surface area contributed by atoms with Gasteiger partial charge in [0.25, 0.3) is 0 Å². The van der Waals surface area contributed by atoms with Gasteiger partial charge in [-0.1, -0.05) is 12.1 Å². The first-order valence-corrected chi connectivity index (χ1v) is 8.81. The van der Waals surface area contributed by atoms with Gasteiger partial charge in [0.2, 0.25) is 5.91 Å². The molecule has 1 aromatic heterocycles. The van der Waals surface area contributed by atoms with E-state index in [4.69, 9.17) is 9.47 Å². The number of carbonyl (C=O) groups is 1. The van der Waals surface area contributed by atoms with E-state index in [0.717, 1.165) is 16.8 Å². The molecule has 1 amide bonds. The minimum atomic E-state index is -0.158. The molecule has 2 N–H and O–H groups in total. The number of nitrogens with one attached hydrogen (secondary N) is 2. The largest absolute Gasteiger partial charge is 0.493 e. The number of aromatic nitrogens is 1. The highest BCUT2D eigenvalue weighted by atomic mass is 16.5. The number of anilines is 3. The van der Waals surface area contributed by atoms with Gasteiger partial charge < -0.3 is 20.1 Å². The van der Waals surface area contributed by atoms with Crippen LogP contribution in [0.3, 0.4) is 0 Å². The zero-order chi connectivity index (χ0) is 20.8. The Morgan fingerprint density at radius 2 is 1.79 bits per heavy atom. The van der Waals surface area contributed by atoms with Gasteiger partial charge in [0.05, 0.1) is 25.5 Å². The molecule has 7 nitrogen and oxygen atoms in total. The average Bonchev–Trinajstić information content (AvgIpc) is 2.73. The van der Waals surface area contributed by atoms with Gasteiger partial charge in [-0.25, -0.2) is 0 Å². The fourth-order valence-electron chi connectivity index (χ4n) is 2.92. The van der Waals surface area contributed by atoms with Crippen molar-refractivity contribution in [3.63, 3.8) is 0 Å². The van der Waals surface area contributed by atoms with Gasteiger partial charge in [-0.3, -0.25) is 9.78 Å². The summed E-state index contributed by atoms with van der Waals surface area (Å²) in [5.41, 5.74) is 3.92. The van der Waals surface area contributed by atoms with E-state index < -0.39 is 0 Å². The number of rotatable bonds is 6. The lowest BCUT2D eigenvalue weighted by Crippen LogP contribution is -2.06. The molecule has 0 saturated carbocycles. The Morgan fingerprint density at radius 3 is 2.48 bits per heavy atom. The summed E-state index contributed by atoms with van der Waals surface area (Å²) in [6, 6.07) is 14.9. The highest BCUT2D eigenvalue weighted by Crippen LogP contribution is 2.37. The summed E-state index contributed by atoms with van der Waals surface area (Å²) in [4.78, 5) is 15.5. The zero-order valence-electron chi connectivity index (χ0n) is 16.3. The lowest BCUT2D eigenvalue weighted by atomic mass is 10.0. The number of nitriles is 1. The summed E-state index contributed by atoms with van der Waals surface area (Å²) in [6.07, 6.45) is 3.19. The molecule has 0 unspecified atom stereocenters. The Morgan fingerprint density at radius 1 is 1.03 bits per heavy atom. The number of ether oxygens (including phenoxy) is 2. The van der Waals surface area contributed by atoms with Crippen LogP contribution in [0.4, 0.5) is 17.1 Å². The summed E-state index contributed by atoms with van der Waals surface area (Å²) in [5, 5.41) is 15.6. The third-order valence-electron chi connectivity index (χ3n) is 4.21. The molecule has 0 fully saturated rings. The van der Waals surface area contributed by atoms with E-state index in [1.165, 1.54) is 13.1 Å². The van der Waals surface area contributed by atoms with E-state index in [2.05, 4.69) is 21.7 Å². The van der Waals surface area contributed by atoms with Crippen molar-refractivity contribution in [2.24, 2.45) is 0 Å². The van der Waals surface area contributed by atoms with Gasteiger partial charge in [-0.2, -0.15) is 5.26 Å². The van der Waals surface area contributed by atoms with Crippen molar-refractivity contribution < 1.29 is 14.3 Å². The summed E-state index contributed by atoms with van der Waals surface area (Å²) in [6.45, 7) is 1.45. The molecular weight excluding hydrogens is 368 g/mol. The first-order chi connectivity index (χ1) is 14.0. The van der Waals surface area contributed by atoms with Gasteiger partial charge in [0.1, 0.15) is 6.07 Å². The van der Waals surface area contributed by atoms with Crippen molar-refractivity contribution in [2.75, 3.05) is 24.9 Å². The first-order valence-electron chi connectivity index (χ1n) is 8.81. The lowest BCUT2D eigenvalue weighted by Gasteiger charge is -2.16. The predicted octanol–water partition coefficient (Wildman–Crippen LogP) is 4.34. The van der Waals surface area contributed by atoms with Gasteiger partial charge in [0, 0.05) is 36.3 Å². The number of hydrogen-bond acceptors (Lipinski definition) is 6. The van der Waals surface area contributed by atoms with Gasteiger partial charge in [-0.15, -0.1) is 0 Å². The van der Waals surface area contributed by atoms with Crippen LogP contribution in [0.5, 0.6) is 11.5 Å². The van der Waals surface area contributed by atoms with Gasteiger partial charge in [-0.05, 0) is 35.9 Å². The van der Waals surface area contributed by atoms with E-state index in [9.17, 15) is 10.1 Å². The molecule has 0 aliphatic rings. The monoisotopic (exact) mass is 388 g/mol. The second-order valence-electron chi connectivity index (χ2n) is 6.18. The van der Waals surface area contributed by atoms with Crippen LogP contribution < -0.4 is 20.1 Å². The second-order valence-corrected chi connectivity index (χ2v) is 6.18. The SMILES string of the molecule is COc1ccc(-c2cncc(C#N)c2Nc2cccc(NC(C)=O)c2)cc1OC. The highest BCUT2D eigenvalue weighted by molar-refractivity contribution is 5.90. The molecule has 7 heteroatoms. The van der Waals surface area contributed by atoms with Crippen LogP contribution in [-0.4, -0.2) is 25.1 Å². The summed E-state index contributed by atoms with van der Waals surface area (Å²) in [5.74, 6) is 1.03. The number of benzene rings is 2. The van der Waals surface area contributed by atoms with Crippen molar-refractivity contribution in [2.45, 2.75) is 6.92 Å². The number of pyridine rings is 1. The first kappa shape index (κ1) is 19.7. The van der Waals surface area contributed by atoms with Crippen molar-refractivity contribution in [3.8, 4) is 28.7 Å². The molecule has 2 aromatic carbocycles. The molecule has 0 aliphatic carbocycles. The quantitative estimate of drug-likeness (QED) is 0.652. The summed E-state index contributed by atoms with van der Waals surface area (Å²) in [7, 11) is 3.14. The third kappa shape index (κ3) is 4.45. The van der Waals surface area contributed by atoms with Crippen LogP contribution in [0.1, 0.15) is 12.5 Å². The lowest BCUT2D eigenvalue weighted by molar-refractivity contribution is -0.114. The van der Waals surface area contributed by atoms with Crippen LogP contribution >= 0.6 is 0 Å². The molecule has 0 atom stereocenters. The molecule has 0 aliphatic heterocycles. The standard InChI is InChI=1S/C22H20N4O3/c1-14(27)25-17-5-4-6-18(10-17)26-22-16(11-23)12-24-13-19(22)15-7-8-20(28-2)21(9-15)29-3/h4-10,12-13H,1-3H3,(H,24,26)(H,25,27). The third-order valence-corrected chi connectivity index (χ3v) is 4.21. The van der Waals surface area contributed by atoms with E-state index in [1.54, 1.807) is 38.6 Å². The number of hydrogen-bond donors (Lipinski definition) is 2. The highest BCUT2D eigenvalue weighted by Gasteiger charge is 2.14. The van der Waals surface area contributed by atoms with Crippen LogP contribution in [0.15, 0.2) is 54.9 Å². The van der Waals surface area contributed by atoms with Crippen molar-refractivity contribution in [1.82, 2.24) is 4.98 Å². The number of methoxy groups -OCH3 is 2. The van der Waals surface area contributed by atoms with Crippen LogP contribution in [0.25, 0.3) is 11.1 Å². The zero-order valence-corrected chi connectivity index (χ0v) is 16.3. The fourth-order valence-corrected chi connectivity index (χ4v) is 2.92. The molecule has 3 rings (SSSR count). The van der Waals surface area contributed by atoms with E-state index >= 15 is 0 Å².